The maximum Gasteiger partial charge on any atom is 0.203 e. The van der Waals surface area contributed by atoms with Crippen molar-refractivity contribution in [2.24, 2.45) is 0 Å². The van der Waals surface area contributed by atoms with Crippen LogP contribution in [-0.4, -0.2) is 53.8 Å². The van der Waals surface area contributed by atoms with Crippen LogP contribution in [0.2, 0.25) is 0 Å². The first-order chi connectivity index (χ1) is 8.16. The fourth-order valence-corrected chi connectivity index (χ4v) is 2.06. The first kappa shape index (κ1) is 12.4. The van der Waals surface area contributed by atoms with Gasteiger partial charge in [-0.3, -0.25) is 0 Å². The van der Waals surface area contributed by atoms with Gasteiger partial charge in [0.2, 0.25) is 5.95 Å². The summed E-state index contributed by atoms with van der Waals surface area (Å²) in [6.07, 6.45) is 4.09. The van der Waals surface area contributed by atoms with E-state index in [4.69, 9.17) is 4.74 Å². The van der Waals surface area contributed by atoms with Crippen molar-refractivity contribution in [2.45, 2.75) is 26.0 Å². The first-order valence-corrected chi connectivity index (χ1v) is 6.23. The molecule has 0 amide bonds. The molecule has 0 saturated carbocycles. The molecule has 1 saturated heterocycles. The molecule has 1 fully saturated rings. The number of imidazole rings is 1. The number of nitrogens with one attached hydrogen (secondary N) is 1. The molecule has 96 valence electrons. The second kappa shape index (κ2) is 5.51. The lowest BCUT2D eigenvalue weighted by molar-refractivity contribution is -0.0118. The number of hydrogen-bond donors (Lipinski definition) is 1. The summed E-state index contributed by atoms with van der Waals surface area (Å²) in [5, 5.41) is 3.37. The van der Waals surface area contributed by atoms with Crippen LogP contribution in [0, 0.1) is 0 Å². The average molecular weight is 238 g/mol. The van der Waals surface area contributed by atoms with Crippen LogP contribution >= 0.6 is 0 Å². The van der Waals surface area contributed by atoms with Crippen LogP contribution in [0.1, 0.15) is 19.9 Å². The van der Waals surface area contributed by atoms with Gasteiger partial charge in [0.05, 0.1) is 12.7 Å². The zero-order chi connectivity index (χ0) is 12.3. The monoisotopic (exact) mass is 238 g/mol. The van der Waals surface area contributed by atoms with Gasteiger partial charge in [-0.1, -0.05) is 0 Å². The molecule has 1 aromatic heterocycles. The van der Waals surface area contributed by atoms with Gasteiger partial charge in [-0.2, -0.15) is 0 Å². The van der Waals surface area contributed by atoms with Crippen LogP contribution in [0.5, 0.6) is 0 Å². The topological polar surface area (TPSA) is 42.3 Å². The van der Waals surface area contributed by atoms with Crippen molar-refractivity contribution in [2.75, 3.05) is 38.6 Å². The van der Waals surface area contributed by atoms with Crippen LogP contribution in [0.3, 0.4) is 0 Å². The summed E-state index contributed by atoms with van der Waals surface area (Å²) >= 11 is 0. The predicted molar refractivity (Wildman–Crippen MR) is 68.3 cm³/mol. The molecule has 5 heteroatoms. The fraction of sp³-hybridized carbons (Fsp3) is 0.750. The number of aromatic nitrogens is 2. The van der Waals surface area contributed by atoms with Crippen molar-refractivity contribution in [3.8, 4) is 0 Å². The lowest BCUT2D eigenvalue weighted by atomic mass is 10.3. The van der Waals surface area contributed by atoms with Crippen LogP contribution in [-0.2, 0) is 4.74 Å². The minimum absolute atomic E-state index is 0.256. The second-order valence-electron chi connectivity index (χ2n) is 4.89. The third-order valence-electron chi connectivity index (χ3n) is 3.05. The van der Waals surface area contributed by atoms with E-state index >= 15 is 0 Å². The Hall–Kier alpha value is -1.07. The summed E-state index contributed by atoms with van der Waals surface area (Å²) in [6, 6.07) is 0.426. The van der Waals surface area contributed by atoms with Crippen molar-refractivity contribution in [3.63, 3.8) is 0 Å². The van der Waals surface area contributed by atoms with Gasteiger partial charge < -0.3 is 19.5 Å². The van der Waals surface area contributed by atoms with E-state index in [1.54, 1.807) is 0 Å². The van der Waals surface area contributed by atoms with Crippen molar-refractivity contribution in [3.05, 3.63) is 12.4 Å². The Balaban J connectivity index is 1.86. The fourth-order valence-electron chi connectivity index (χ4n) is 2.06. The Morgan fingerprint density at radius 2 is 2.41 bits per heavy atom. The molecule has 1 aromatic rings. The van der Waals surface area contributed by atoms with Gasteiger partial charge in [0.1, 0.15) is 0 Å². The maximum absolute atomic E-state index is 5.71. The lowest BCUT2D eigenvalue weighted by Gasteiger charge is -2.30. The number of hydrogen-bond acceptors (Lipinski definition) is 4. The molecule has 0 radical (unpaired) electrons. The van der Waals surface area contributed by atoms with Gasteiger partial charge in [-0.15, -0.1) is 0 Å². The van der Waals surface area contributed by atoms with Crippen molar-refractivity contribution in [1.82, 2.24) is 14.5 Å². The molecular formula is C12H22N4O. The molecule has 1 aliphatic rings. The third kappa shape index (κ3) is 3.20. The van der Waals surface area contributed by atoms with E-state index in [1.165, 1.54) is 0 Å². The number of nitrogens with zero attached hydrogens (tertiary/aromatic N) is 3. The minimum atomic E-state index is 0.256. The summed E-state index contributed by atoms with van der Waals surface area (Å²) in [5.74, 6) is 0.928. The van der Waals surface area contributed by atoms with Crippen LogP contribution in [0.25, 0.3) is 0 Å². The second-order valence-corrected chi connectivity index (χ2v) is 4.89. The standard InChI is InChI=1S/C12H22N4O/c1-10(2)16-5-4-13-12(16)14-8-11-9-15(3)6-7-17-11/h4-5,10-11H,6-9H2,1-3H3,(H,13,14). The molecule has 1 atom stereocenters. The SMILES string of the molecule is CC(C)n1ccnc1NCC1CN(C)CCO1. The molecule has 0 aliphatic carbocycles. The van der Waals surface area contributed by atoms with Gasteiger partial charge in [0, 0.05) is 38.1 Å². The van der Waals surface area contributed by atoms with E-state index in [2.05, 4.69) is 40.7 Å². The number of anilines is 1. The van der Waals surface area contributed by atoms with Gasteiger partial charge in [-0.25, -0.2) is 4.98 Å². The summed E-state index contributed by atoms with van der Waals surface area (Å²) in [7, 11) is 2.13. The Morgan fingerprint density at radius 1 is 1.59 bits per heavy atom. The van der Waals surface area contributed by atoms with Crippen LogP contribution in [0.15, 0.2) is 12.4 Å². The molecular weight excluding hydrogens is 216 g/mol. The minimum Gasteiger partial charge on any atom is -0.374 e. The zero-order valence-electron chi connectivity index (χ0n) is 10.9. The van der Waals surface area contributed by atoms with Gasteiger partial charge >= 0.3 is 0 Å². The Labute approximate surface area is 103 Å². The first-order valence-electron chi connectivity index (χ1n) is 6.23. The Bertz CT molecular complexity index is 350. The summed E-state index contributed by atoms with van der Waals surface area (Å²) in [4.78, 5) is 6.62. The molecule has 0 aromatic carbocycles. The maximum atomic E-state index is 5.71. The molecule has 5 nitrogen and oxygen atoms in total. The summed E-state index contributed by atoms with van der Waals surface area (Å²) in [5.41, 5.74) is 0. The summed E-state index contributed by atoms with van der Waals surface area (Å²) in [6.45, 7) is 7.94. The van der Waals surface area contributed by atoms with E-state index in [-0.39, 0.29) is 6.10 Å². The average Bonchev–Trinajstić information content (AvgIpc) is 2.74. The zero-order valence-corrected chi connectivity index (χ0v) is 10.9. The van der Waals surface area contributed by atoms with E-state index in [0.29, 0.717) is 6.04 Å². The number of rotatable bonds is 4. The smallest absolute Gasteiger partial charge is 0.203 e. The molecule has 1 N–H and O–H groups in total. The highest BCUT2D eigenvalue weighted by molar-refractivity contribution is 5.26. The van der Waals surface area contributed by atoms with Gasteiger partial charge in [0.15, 0.2) is 0 Å². The normalized spacial score (nSPS) is 22.0. The van der Waals surface area contributed by atoms with E-state index in [0.717, 1.165) is 32.2 Å². The lowest BCUT2D eigenvalue weighted by Crippen LogP contribution is -2.43. The third-order valence-corrected chi connectivity index (χ3v) is 3.05. The number of morpholine rings is 1. The van der Waals surface area contributed by atoms with Crippen molar-refractivity contribution < 1.29 is 4.74 Å². The number of likely N-dealkylation sites (N-methyl/N-ethyl adjacent to an activating group) is 1. The van der Waals surface area contributed by atoms with E-state index in [9.17, 15) is 0 Å². The van der Waals surface area contributed by atoms with Crippen molar-refractivity contribution >= 4 is 5.95 Å². The molecule has 0 spiro atoms. The largest absolute Gasteiger partial charge is 0.374 e. The van der Waals surface area contributed by atoms with Gasteiger partial charge in [0.25, 0.3) is 0 Å². The summed E-state index contributed by atoms with van der Waals surface area (Å²) < 4.78 is 7.84. The molecule has 0 bridgehead atoms. The molecule has 1 unspecified atom stereocenters. The Morgan fingerprint density at radius 3 is 3.12 bits per heavy atom. The highest BCUT2D eigenvalue weighted by atomic mass is 16.5. The highest BCUT2D eigenvalue weighted by Crippen LogP contribution is 2.13. The van der Waals surface area contributed by atoms with Crippen LogP contribution in [0.4, 0.5) is 5.95 Å². The molecule has 1 aliphatic heterocycles. The Kier molecular flexibility index (Phi) is 4.02. The quantitative estimate of drug-likeness (QED) is 0.856. The van der Waals surface area contributed by atoms with Crippen LogP contribution < -0.4 is 5.32 Å². The van der Waals surface area contributed by atoms with E-state index in [1.807, 2.05) is 12.4 Å². The molecule has 2 rings (SSSR count). The predicted octanol–water partition coefficient (Wildman–Crippen LogP) is 1.21. The van der Waals surface area contributed by atoms with E-state index < -0.39 is 0 Å². The molecule has 17 heavy (non-hydrogen) atoms. The highest BCUT2D eigenvalue weighted by Gasteiger charge is 2.18. The van der Waals surface area contributed by atoms with Gasteiger partial charge in [-0.05, 0) is 20.9 Å². The molecule has 2 heterocycles. The van der Waals surface area contributed by atoms with Crippen molar-refractivity contribution in [1.29, 1.82) is 0 Å². The number of ether oxygens (including phenoxy) is 1.